The fourth-order valence-electron chi connectivity index (χ4n) is 2.98. The molecule has 0 amide bonds. The SMILES string of the molecule is COc1ccc(Cl)cc1S(=O)(=O)NCCOc1cc(N2CCCC2)nc(C)n1. The van der Waals surface area contributed by atoms with Crippen LogP contribution in [0.3, 0.4) is 0 Å². The van der Waals surface area contributed by atoms with Gasteiger partial charge in [-0.15, -0.1) is 0 Å². The fraction of sp³-hybridized carbons (Fsp3) is 0.444. The molecule has 1 N–H and O–H groups in total. The van der Waals surface area contributed by atoms with E-state index >= 15 is 0 Å². The van der Waals surface area contributed by atoms with Crippen molar-refractivity contribution in [3.63, 3.8) is 0 Å². The van der Waals surface area contributed by atoms with Crippen LogP contribution in [-0.4, -0.2) is 51.7 Å². The number of nitrogens with zero attached hydrogens (tertiary/aromatic N) is 3. The number of hydrogen-bond acceptors (Lipinski definition) is 7. The smallest absolute Gasteiger partial charge is 0.244 e. The number of anilines is 1. The van der Waals surface area contributed by atoms with Gasteiger partial charge in [0.25, 0.3) is 0 Å². The van der Waals surface area contributed by atoms with E-state index in [0.29, 0.717) is 16.7 Å². The molecule has 0 aliphatic carbocycles. The van der Waals surface area contributed by atoms with Gasteiger partial charge in [0.05, 0.1) is 7.11 Å². The Kier molecular flexibility index (Phi) is 6.58. The van der Waals surface area contributed by atoms with Crippen molar-refractivity contribution in [3.8, 4) is 11.6 Å². The third-order valence-corrected chi connectivity index (χ3v) is 6.01. The lowest BCUT2D eigenvalue weighted by Crippen LogP contribution is -2.28. The van der Waals surface area contributed by atoms with Gasteiger partial charge in [0, 0.05) is 30.7 Å². The van der Waals surface area contributed by atoms with Gasteiger partial charge in [0.1, 0.15) is 28.9 Å². The van der Waals surface area contributed by atoms with Gasteiger partial charge >= 0.3 is 0 Å². The minimum absolute atomic E-state index is 0.0169. The van der Waals surface area contributed by atoms with Gasteiger partial charge < -0.3 is 14.4 Å². The van der Waals surface area contributed by atoms with Crippen molar-refractivity contribution in [2.45, 2.75) is 24.7 Å². The average molecular weight is 427 g/mol. The monoisotopic (exact) mass is 426 g/mol. The number of benzene rings is 1. The number of ether oxygens (including phenoxy) is 2. The Morgan fingerprint density at radius 2 is 1.96 bits per heavy atom. The first kappa shape index (κ1) is 20.6. The molecule has 2 aromatic rings. The normalized spacial score (nSPS) is 14.3. The molecule has 0 spiro atoms. The first-order valence-corrected chi connectivity index (χ1v) is 10.8. The number of hydrogen-bond donors (Lipinski definition) is 1. The zero-order chi connectivity index (χ0) is 20.1. The van der Waals surface area contributed by atoms with E-state index in [1.165, 1.54) is 19.2 Å². The second kappa shape index (κ2) is 8.93. The van der Waals surface area contributed by atoms with Gasteiger partial charge in [0.2, 0.25) is 15.9 Å². The number of nitrogens with one attached hydrogen (secondary N) is 1. The highest BCUT2D eigenvalue weighted by atomic mass is 35.5. The molecule has 3 rings (SSSR count). The zero-order valence-corrected chi connectivity index (χ0v) is 17.4. The van der Waals surface area contributed by atoms with Crippen LogP contribution in [0.25, 0.3) is 0 Å². The number of sulfonamides is 1. The fourth-order valence-corrected chi connectivity index (χ4v) is 4.42. The van der Waals surface area contributed by atoms with E-state index < -0.39 is 10.0 Å². The Morgan fingerprint density at radius 3 is 2.68 bits per heavy atom. The van der Waals surface area contributed by atoms with Crippen LogP contribution < -0.4 is 19.1 Å². The van der Waals surface area contributed by atoms with Crippen molar-refractivity contribution in [1.82, 2.24) is 14.7 Å². The summed E-state index contributed by atoms with van der Waals surface area (Å²) in [6.45, 7) is 3.94. The molecule has 0 saturated carbocycles. The van der Waals surface area contributed by atoms with E-state index in [1.807, 2.05) is 0 Å². The summed E-state index contributed by atoms with van der Waals surface area (Å²) in [7, 11) is -2.39. The molecule has 0 bridgehead atoms. The van der Waals surface area contributed by atoms with E-state index in [4.69, 9.17) is 21.1 Å². The second-order valence-electron chi connectivity index (χ2n) is 6.35. The van der Waals surface area contributed by atoms with Gasteiger partial charge in [-0.3, -0.25) is 0 Å². The summed E-state index contributed by atoms with van der Waals surface area (Å²) in [5.41, 5.74) is 0. The lowest BCUT2D eigenvalue weighted by atomic mass is 10.3. The van der Waals surface area contributed by atoms with E-state index in [2.05, 4.69) is 19.6 Å². The second-order valence-corrected chi connectivity index (χ2v) is 8.52. The maximum absolute atomic E-state index is 12.5. The number of aryl methyl sites for hydroxylation is 1. The maximum Gasteiger partial charge on any atom is 0.244 e. The van der Waals surface area contributed by atoms with Crippen LogP contribution in [0.5, 0.6) is 11.6 Å². The summed E-state index contributed by atoms with van der Waals surface area (Å²) in [6.07, 6.45) is 2.29. The van der Waals surface area contributed by atoms with Gasteiger partial charge in [-0.25, -0.2) is 18.1 Å². The Hall–Kier alpha value is -2.10. The highest BCUT2D eigenvalue weighted by molar-refractivity contribution is 7.89. The van der Waals surface area contributed by atoms with Crippen LogP contribution in [0.4, 0.5) is 5.82 Å². The lowest BCUT2D eigenvalue weighted by Gasteiger charge is -2.17. The summed E-state index contributed by atoms with van der Waals surface area (Å²) in [6, 6.07) is 6.21. The summed E-state index contributed by atoms with van der Waals surface area (Å²) >= 11 is 5.91. The molecule has 2 heterocycles. The highest BCUT2D eigenvalue weighted by Gasteiger charge is 2.20. The Labute approximate surface area is 169 Å². The minimum atomic E-state index is -3.79. The Balaban J connectivity index is 1.60. The number of rotatable bonds is 8. The molecular formula is C18H23ClN4O4S. The van der Waals surface area contributed by atoms with Crippen molar-refractivity contribution < 1.29 is 17.9 Å². The van der Waals surface area contributed by atoms with E-state index in [-0.39, 0.29) is 23.8 Å². The molecule has 28 heavy (non-hydrogen) atoms. The molecule has 1 aliphatic rings. The van der Waals surface area contributed by atoms with Crippen molar-refractivity contribution in [2.24, 2.45) is 0 Å². The minimum Gasteiger partial charge on any atom is -0.495 e. The molecule has 0 radical (unpaired) electrons. The molecule has 10 heteroatoms. The molecule has 0 unspecified atom stereocenters. The van der Waals surface area contributed by atoms with Gasteiger partial charge in [-0.2, -0.15) is 4.98 Å². The third kappa shape index (κ3) is 5.03. The molecule has 152 valence electrons. The van der Waals surface area contributed by atoms with Gasteiger partial charge in [-0.1, -0.05) is 11.6 Å². The lowest BCUT2D eigenvalue weighted by molar-refractivity contribution is 0.309. The van der Waals surface area contributed by atoms with Crippen molar-refractivity contribution >= 4 is 27.4 Å². The molecule has 1 saturated heterocycles. The number of methoxy groups -OCH3 is 1. The Morgan fingerprint density at radius 1 is 1.21 bits per heavy atom. The summed E-state index contributed by atoms with van der Waals surface area (Å²) in [5.74, 6) is 2.10. The summed E-state index contributed by atoms with van der Waals surface area (Å²) in [5, 5.41) is 0.309. The molecular weight excluding hydrogens is 404 g/mol. The predicted octanol–water partition coefficient (Wildman–Crippen LogP) is 2.40. The zero-order valence-electron chi connectivity index (χ0n) is 15.8. The molecule has 1 aromatic heterocycles. The van der Waals surface area contributed by atoms with Crippen LogP contribution in [0.1, 0.15) is 18.7 Å². The van der Waals surface area contributed by atoms with E-state index in [1.54, 1.807) is 19.1 Å². The van der Waals surface area contributed by atoms with E-state index in [9.17, 15) is 8.42 Å². The van der Waals surface area contributed by atoms with Crippen molar-refractivity contribution in [1.29, 1.82) is 0 Å². The van der Waals surface area contributed by atoms with Gasteiger partial charge in [0.15, 0.2) is 0 Å². The molecule has 0 atom stereocenters. The average Bonchev–Trinajstić information content (AvgIpc) is 3.20. The number of aromatic nitrogens is 2. The molecule has 8 nitrogen and oxygen atoms in total. The van der Waals surface area contributed by atoms with Crippen LogP contribution in [-0.2, 0) is 10.0 Å². The van der Waals surface area contributed by atoms with Crippen LogP contribution in [0.15, 0.2) is 29.2 Å². The predicted molar refractivity (Wildman–Crippen MR) is 107 cm³/mol. The first-order valence-electron chi connectivity index (χ1n) is 8.96. The molecule has 1 aliphatic heterocycles. The summed E-state index contributed by atoms with van der Waals surface area (Å²) in [4.78, 5) is 10.9. The molecule has 1 fully saturated rings. The Bertz CT molecular complexity index is 933. The standard InChI is InChI=1S/C18H23ClN4O4S/c1-13-21-17(23-8-3-4-9-23)12-18(22-13)27-10-7-20-28(24,25)16-11-14(19)5-6-15(16)26-2/h5-6,11-12,20H,3-4,7-10H2,1-2H3. The first-order chi connectivity index (χ1) is 13.4. The quantitative estimate of drug-likeness (QED) is 0.647. The van der Waals surface area contributed by atoms with Crippen LogP contribution in [0.2, 0.25) is 5.02 Å². The third-order valence-electron chi connectivity index (χ3n) is 4.29. The summed E-state index contributed by atoms with van der Waals surface area (Å²) < 4.78 is 38.3. The van der Waals surface area contributed by atoms with Crippen LogP contribution in [0, 0.1) is 6.92 Å². The van der Waals surface area contributed by atoms with Crippen LogP contribution >= 0.6 is 11.6 Å². The highest BCUT2D eigenvalue weighted by Crippen LogP contribution is 2.27. The topological polar surface area (TPSA) is 93.7 Å². The largest absolute Gasteiger partial charge is 0.495 e. The van der Waals surface area contributed by atoms with Crippen molar-refractivity contribution in [3.05, 3.63) is 35.1 Å². The molecule has 1 aromatic carbocycles. The van der Waals surface area contributed by atoms with Crippen molar-refractivity contribution in [2.75, 3.05) is 38.3 Å². The maximum atomic E-state index is 12.5. The van der Waals surface area contributed by atoms with E-state index in [0.717, 1.165) is 31.7 Å². The number of halogens is 1. The van der Waals surface area contributed by atoms with Gasteiger partial charge in [-0.05, 0) is 38.0 Å².